The van der Waals surface area contributed by atoms with Gasteiger partial charge >= 0.3 is 0 Å². The second kappa shape index (κ2) is 5.13. The molecule has 0 spiro atoms. The predicted molar refractivity (Wildman–Crippen MR) is 87.6 cm³/mol. The lowest BCUT2D eigenvalue weighted by atomic mass is 9.76. The van der Waals surface area contributed by atoms with Crippen LogP contribution in [0.4, 0.5) is 0 Å². The maximum Gasteiger partial charge on any atom is 0.198 e. The molecule has 0 bridgehead atoms. The van der Waals surface area contributed by atoms with Crippen LogP contribution < -0.4 is 0 Å². The summed E-state index contributed by atoms with van der Waals surface area (Å²) in [5.41, 5.74) is 2.57. The van der Waals surface area contributed by atoms with E-state index in [9.17, 15) is 19.5 Å². The Hall–Kier alpha value is -2.75. The average Bonchev–Trinajstić information content (AvgIpc) is 2.59. The molecule has 120 valence electrons. The van der Waals surface area contributed by atoms with E-state index in [4.69, 9.17) is 0 Å². The van der Waals surface area contributed by atoms with E-state index in [0.29, 0.717) is 36.0 Å². The molecule has 2 aliphatic carbocycles. The van der Waals surface area contributed by atoms with E-state index in [2.05, 4.69) is 0 Å². The summed E-state index contributed by atoms with van der Waals surface area (Å²) in [7, 11) is 0. The van der Waals surface area contributed by atoms with Gasteiger partial charge in [0.2, 0.25) is 0 Å². The second-order valence-corrected chi connectivity index (χ2v) is 6.54. The van der Waals surface area contributed by atoms with E-state index >= 15 is 0 Å². The van der Waals surface area contributed by atoms with Gasteiger partial charge in [0.1, 0.15) is 11.5 Å². The van der Waals surface area contributed by atoms with Crippen LogP contribution in [0.3, 0.4) is 0 Å². The van der Waals surface area contributed by atoms with Crippen LogP contribution in [0, 0.1) is 5.92 Å². The summed E-state index contributed by atoms with van der Waals surface area (Å²) in [4.78, 5) is 37.2. The summed E-state index contributed by atoms with van der Waals surface area (Å²) in [5.74, 6) is -0.729. The van der Waals surface area contributed by atoms with Crippen molar-refractivity contribution in [1.29, 1.82) is 0 Å². The maximum absolute atomic E-state index is 12.8. The number of carbonyl (C=O) groups is 3. The summed E-state index contributed by atoms with van der Waals surface area (Å²) in [5, 5.41) is 10.7. The Balaban J connectivity index is 1.92. The van der Waals surface area contributed by atoms with E-state index in [-0.39, 0.29) is 40.1 Å². The van der Waals surface area contributed by atoms with Crippen molar-refractivity contribution in [2.75, 3.05) is 0 Å². The number of aryl methyl sites for hydroxylation is 1. The van der Waals surface area contributed by atoms with Crippen LogP contribution in [0.2, 0.25) is 0 Å². The van der Waals surface area contributed by atoms with Gasteiger partial charge < -0.3 is 5.11 Å². The number of phenolic OH excluding ortho intramolecular Hbond substituents is 1. The third-order valence-electron chi connectivity index (χ3n) is 5.17. The molecule has 0 aliphatic heterocycles. The first-order chi connectivity index (χ1) is 11.5. The molecule has 0 heterocycles. The zero-order chi connectivity index (χ0) is 17.0. The monoisotopic (exact) mass is 320 g/mol. The smallest absolute Gasteiger partial charge is 0.198 e. The second-order valence-electron chi connectivity index (χ2n) is 6.54. The van der Waals surface area contributed by atoms with Gasteiger partial charge in [-0.15, -0.1) is 0 Å². The Morgan fingerprint density at radius 2 is 1.75 bits per heavy atom. The number of fused-ring (bicyclic) bond motifs is 3. The molecule has 4 heteroatoms. The maximum atomic E-state index is 12.8. The van der Waals surface area contributed by atoms with Crippen LogP contribution in [0.15, 0.2) is 30.3 Å². The highest BCUT2D eigenvalue weighted by molar-refractivity contribution is 6.29. The summed E-state index contributed by atoms with van der Waals surface area (Å²) in [6, 6.07) is 8.41. The summed E-state index contributed by atoms with van der Waals surface area (Å²) < 4.78 is 0. The van der Waals surface area contributed by atoms with Crippen molar-refractivity contribution in [3.05, 3.63) is 63.7 Å². The number of hydrogen-bond donors (Lipinski definition) is 1. The van der Waals surface area contributed by atoms with Crippen molar-refractivity contribution in [3.8, 4) is 5.75 Å². The minimum atomic E-state index is -0.328. The molecule has 0 aromatic heterocycles. The van der Waals surface area contributed by atoms with Crippen molar-refractivity contribution in [2.24, 2.45) is 5.92 Å². The van der Waals surface area contributed by atoms with Crippen LogP contribution in [0.25, 0.3) is 0 Å². The SMILES string of the molecule is CC(=O)C1CCc2cc3c(c(O)c2C1)C(=O)c1ccccc1C3=O. The average molecular weight is 320 g/mol. The number of phenols is 1. The minimum Gasteiger partial charge on any atom is -0.507 e. The molecule has 2 aliphatic rings. The third-order valence-corrected chi connectivity index (χ3v) is 5.17. The van der Waals surface area contributed by atoms with Gasteiger partial charge in [-0.1, -0.05) is 24.3 Å². The lowest BCUT2D eigenvalue weighted by molar-refractivity contribution is -0.121. The molecular formula is C20H16O4. The molecule has 2 aromatic carbocycles. The third kappa shape index (κ3) is 1.96. The molecule has 0 saturated carbocycles. The zero-order valence-corrected chi connectivity index (χ0v) is 13.3. The molecule has 1 N–H and O–H groups in total. The lowest BCUT2D eigenvalue weighted by Crippen LogP contribution is -2.25. The van der Waals surface area contributed by atoms with Crippen LogP contribution in [0.5, 0.6) is 5.75 Å². The van der Waals surface area contributed by atoms with Crippen LogP contribution in [-0.4, -0.2) is 22.5 Å². The van der Waals surface area contributed by atoms with Gasteiger partial charge in [0.15, 0.2) is 11.6 Å². The van der Waals surface area contributed by atoms with Gasteiger partial charge in [-0.05, 0) is 43.4 Å². The Kier molecular flexibility index (Phi) is 3.17. The number of ketones is 3. The van der Waals surface area contributed by atoms with Gasteiger partial charge in [0, 0.05) is 22.6 Å². The Morgan fingerprint density at radius 3 is 2.42 bits per heavy atom. The molecule has 1 unspecified atom stereocenters. The lowest BCUT2D eigenvalue weighted by Gasteiger charge is -2.27. The number of aromatic hydroxyl groups is 1. The quantitative estimate of drug-likeness (QED) is 0.748. The Morgan fingerprint density at radius 1 is 1.08 bits per heavy atom. The van der Waals surface area contributed by atoms with Crippen molar-refractivity contribution < 1.29 is 19.5 Å². The first kappa shape index (κ1) is 14.8. The van der Waals surface area contributed by atoms with Crippen LogP contribution in [-0.2, 0) is 17.6 Å². The number of benzene rings is 2. The molecule has 2 aromatic rings. The Bertz CT molecular complexity index is 923. The highest BCUT2D eigenvalue weighted by Crippen LogP contribution is 2.40. The van der Waals surface area contributed by atoms with Crippen molar-refractivity contribution in [3.63, 3.8) is 0 Å². The zero-order valence-electron chi connectivity index (χ0n) is 13.3. The molecule has 0 radical (unpaired) electrons. The highest BCUT2D eigenvalue weighted by Gasteiger charge is 2.35. The van der Waals surface area contributed by atoms with E-state index in [0.717, 1.165) is 5.56 Å². The fraction of sp³-hybridized carbons (Fsp3) is 0.250. The van der Waals surface area contributed by atoms with Crippen molar-refractivity contribution in [2.45, 2.75) is 26.2 Å². The fourth-order valence-corrected chi connectivity index (χ4v) is 3.81. The standard InChI is InChI=1S/C20H16O4/c1-10(21)11-6-7-12-9-16-17(20(24)15(12)8-11)19(23)14-5-3-2-4-13(14)18(16)22/h2-5,9,11,24H,6-8H2,1H3. The van der Waals surface area contributed by atoms with Gasteiger partial charge in [0.05, 0.1) is 5.56 Å². The number of carbonyl (C=O) groups excluding carboxylic acids is 3. The van der Waals surface area contributed by atoms with Crippen LogP contribution in [0.1, 0.15) is 56.3 Å². The topological polar surface area (TPSA) is 71.4 Å². The van der Waals surface area contributed by atoms with Gasteiger partial charge in [-0.3, -0.25) is 14.4 Å². The summed E-state index contributed by atoms with van der Waals surface area (Å²) in [6.45, 7) is 1.55. The highest BCUT2D eigenvalue weighted by atomic mass is 16.3. The molecule has 24 heavy (non-hydrogen) atoms. The fourth-order valence-electron chi connectivity index (χ4n) is 3.81. The molecular weight excluding hydrogens is 304 g/mol. The van der Waals surface area contributed by atoms with E-state index < -0.39 is 0 Å². The van der Waals surface area contributed by atoms with Gasteiger partial charge in [0.25, 0.3) is 0 Å². The number of hydrogen-bond acceptors (Lipinski definition) is 4. The molecule has 0 saturated heterocycles. The van der Waals surface area contributed by atoms with E-state index in [1.165, 1.54) is 0 Å². The molecule has 0 amide bonds. The number of rotatable bonds is 1. The number of Topliss-reactive ketones (excluding diaryl/α,β-unsaturated/α-hetero) is 1. The largest absolute Gasteiger partial charge is 0.507 e. The summed E-state index contributed by atoms with van der Waals surface area (Å²) >= 11 is 0. The minimum absolute atomic E-state index is 0.0849. The van der Waals surface area contributed by atoms with Gasteiger partial charge in [-0.2, -0.15) is 0 Å². The van der Waals surface area contributed by atoms with Crippen molar-refractivity contribution in [1.82, 2.24) is 0 Å². The normalized spacial score (nSPS) is 18.6. The van der Waals surface area contributed by atoms with E-state index in [1.54, 1.807) is 37.3 Å². The molecule has 1 atom stereocenters. The first-order valence-electron chi connectivity index (χ1n) is 8.05. The van der Waals surface area contributed by atoms with Crippen molar-refractivity contribution >= 4 is 17.3 Å². The van der Waals surface area contributed by atoms with Gasteiger partial charge in [-0.25, -0.2) is 0 Å². The molecule has 4 rings (SSSR count). The molecule has 4 nitrogen and oxygen atoms in total. The molecule has 0 fully saturated rings. The van der Waals surface area contributed by atoms with Crippen LogP contribution >= 0.6 is 0 Å². The predicted octanol–water partition coefficient (Wildman–Crippen LogP) is 2.86. The first-order valence-corrected chi connectivity index (χ1v) is 8.05. The van der Waals surface area contributed by atoms with E-state index in [1.807, 2.05) is 0 Å². The Labute approximate surface area is 139 Å². The summed E-state index contributed by atoms with van der Waals surface area (Å²) in [6.07, 6.45) is 1.76.